The van der Waals surface area contributed by atoms with Crippen LogP contribution in [0.3, 0.4) is 0 Å². The zero-order chi connectivity index (χ0) is 13.8. The molecular weight excluding hydrogens is 264 g/mol. The highest BCUT2D eigenvalue weighted by molar-refractivity contribution is 6.30. The molecule has 0 saturated heterocycles. The van der Waals surface area contributed by atoms with Crippen molar-refractivity contribution in [2.45, 2.75) is 19.8 Å². The Balaban J connectivity index is 2.04. The standard InChI is InChI=1S/C15H13ClO3/c1-10(17)8-13-6-7-14(19-13)9-15(18)11-2-4-12(16)5-3-11/h2-7H,8-9H2,1H3. The van der Waals surface area contributed by atoms with Crippen molar-refractivity contribution < 1.29 is 14.0 Å². The Morgan fingerprint density at radius 3 is 2.16 bits per heavy atom. The summed E-state index contributed by atoms with van der Waals surface area (Å²) in [5, 5.41) is 0.596. The quantitative estimate of drug-likeness (QED) is 0.786. The minimum atomic E-state index is -0.0413. The van der Waals surface area contributed by atoms with Gasteiger partial charge in [0.1, 0.15) is 17.3 Å². The second-order valence-electron chi connectivity index (χ2n) is 4.35. The number of benzene rings is 1. The number of rotatable bonds is 5. The lowest BCUT2D eigenvalue weighted by Gasteiger charge is -1.99. The Labute approximate surface area is 116 Å². The molecule has 2 rings (SSSR count). The number of halogens is 1. The molecule has 19 heavy (non-hydrogen) atoms. The van der Waals surface area contributed by atoms with E-state index in [0.29, 0.717) is 22.1 Å². The molecule has 1 heterocycles. The van der Waals surface area contributed by atoms with Gasteiger partial charge in [-0.2, -0.15) is 0 Å². The molecule has 0 aliphatic carbocycles. The van der Waals surface area contributed by atoms with E-state index in [0.717, 1.165) is 0 Å². The van der Waals surface area contributed by atoms with Crippen LogP contribution in [0.25, 0.3) is 0 Å². The van der Waals surface area contributed by atoms with Gasteiger partial charge in [0.15, 0.2) is 5.78 Å². The molecule has 0 aliphatic rings. The van der Waals surface area contributed by atoms with E-state index in [4.69, 9.17) is 16.0 Å². The second kappa shape index (κ2) is 5.85. The molecule has 0 amide bonds. The molecule has 0 bridgehead atoms. The van der Waals surface area contributed by atoms with E-state index >= 15 is 0 Å². The Morgan fingerprint density at radius 2 is 1.58 bits per heavy atom. The number of Topliss-reactive ketones (excluding diaryl/α,β-unsaturated/α-hetero) is 2. The molecule has 3 nitrogen and oxygen atoms in total. The van der Waals surface area contributed by atoms with Crippen LogP contribution in [0, 0.1) is 0 Å². The topological polar surface area (TPSA) is 47.3 Å². The van der Waals surface area contributed by atoms with E-state index in [-0.39, 0.29) is 24.4 Å². The van der Waals surface area contributed by atoms with Gasteiger partial charge in [0.2, 0.25) is 0 Å². The maximum atomic E-state index is 12.0. The van der Waals surface area contributed by atoms with Crippen LogP contribution in [0.5, 0.6) is 0 Å². The first-order valence-electron chi connectivity index (χ1n) is 5.90. The summed E-state index contributed by atoms with van der Waals surface area (Å²) in [7, 11) is 0. The fraction of sp³-hybridized carbons (Fsp3) is 0.200. The van der Waals surface area contributed by atoms with Crippen LogP contribution < -0.4 is 0 Å². The maximum absolute atomic E-state index is 12.0. The van der Waals surface area contributed by atoms with Crippen LogP contribution in [0.15, 0.2) is 40.8 Å². The predicted molar refractivity (Wildman–Crippen MR) is 72.6 cm³/mol. The van der Waals surface area contributed by atoms with Crippen molar-refractivity contribution in [2.75, 3.05) is 0 Å². The normalized spacial score (nSPS) is 10.4. The molecule has 0 unspecified atom stereocenters. The summed E-state index contributed by atoms with van der Waals surface area (Å²) in [6, 6.07) is 10.2. The Morgan fingerprint density at radius 1 is 1.00 bits per heavy atom. The number of ketones is 2. The van der Waals surface area contributed by atoms with Crippen LogP contribution in [0.1, 0.15) is 28.8 Å². The average molecular weight is 277 g/mol. The molecule has 0 radical (unpaired) electrons. The average Bonchev–Trinajstić information content (AvgIpc) is 2.76. The Hall–Kier alpha value is -1.87. The van der Waals surface area contributed by atoms with E-state index < -0.39 is 0 Å². The van der Waals surface area contributed by atoms with Crippen molar-refractivity contribution in [3.8, 4) is 0 Å². The van der Waals surface area contributed by atoms with Gasteiger partial charge in [-0.1, -0.05) is 11.6 Å². The molecule has 4 heteroatoms. The van der Waals surface area contributed by atoms with E-state index in [1.165, 1.54) is 6.92 Å². The summed E-state index contributed by atoms with van der Waals surface area (Å²) < 4.78 is 5.44. The highest BCUT2D eigenvalue weighted by Gasteiger charge is 2.11. The smallest absolute Gasteiger partial charge is 0.170 e. The third-order valence-corrected chi connectivity index (χ3v) is 2.89. The van der Waals surface area contributed by atoms with Crippen molar-refractivity contribution in [1.29, 1.82) is 0 Å². The number of furan rings is 1. The van der Waals surface area contributed by atoms with Gasteiger partial charge >= 0.3 is 0 Å². The Bertz CT molecular complexity index is 596. The number of carbonyl (C=O) groups is 2. The SMILES string of the molecule is CC(=O)Cc1ccc(CC(=O)c2ccc(Cl)cc2)o1. The lowest BCUT2D eigenvalue weighted by Crippen LogP contribution is -2.02. The number of carbonyl (C=O) groups excluding carboxylic acids is 2. The largest absolute Gasteiger partial charge is 0.465 e. The second-order valence-corrected chi connectivity index (χ2v) is 4.79. The minimum Gasteiger partial charge on any atom is -0.465 e. The lowest BCUT2D eigenvalue weighted by molar-refractivity contribution is -0.116. The summed E-state index contributed by atoms with van der Waals surface area (Å²) >= 11 is 5.77. The molecule has 0 atom stereocenters. The van der Waals surface area contributed by atoms with Gasteiger partial charge in [-0.25, -0.2) is 0 Å². The summed E-state index contributed by atoms with van der Waals surface area (Å²) in [6.45, 7) is 1.50. The van der Waals surface area contributed by atoms with Gasteiger partial charge < -0.3 is 4.42 Å². The van der Waals surface area contributed by atoms with Crippen molar-refractivity contribution in [2.24, 2.45) is 0 Å². The van der Waals surface area contributed by atoms with Crippen molar-refractivity contribution in [3.05, 3.63) is 58.5 Å². The predicted octanol–water partition coefficient (Wildman–Crippen LogP) is 3.49. The first-order chi connectivity index (χ1) is 9.04. The molecule has 2 aromatic rings. The van der Waals surface area contributed by atoms with E-state index in [2.05, 4.69) is 0 Å². The molecular formula is C15H13ClO3. The summed E-state index contributed by atoms with van der Waals surface area (Å²) in [5.74, 6) is 1.15. The van der Waals surface area contributed by atoms with E-state index in [1.54, 1.807) is 36.4 Å². The van der Waals surface area contributed by atoms with Gasteiger partial charge in [-0.3, -0.25) is 9.59 Å². The fourth-order valence-corrected chi connectivity index (χ4v) is 1.88. The molecule has 0 spiro atoms. The molecule has 98 valence electrons. The molecule has 0 saturated carbocycles. The first kappa shape index (κ1) is 13.6. The molecule has 0 fully saturated rings. The summed E-state index contributed by atoms with van der Waals surface area (Å²) in [4.78, 5) is 22.9. The highest BCUT2D eigenvalue weighted by Crippen LogP contribution is 2.14. The third kappa shape index (κ3) is 3.80. The number of hydrogen-bond donors (Lipinski definition) is 0. The van der Waals surface area contributed by atoms with Gasteiger partial charge in [0.05, 0.1) is 12.8 Å². The van der Waals surface area contributed by atoms with Crippen molar-refractivity contribution in [3.63, 3.8) is 0 Å². The lowest BCUT2D eigenvalue weighted by atomic mass is 10.1. The van der Waals surface area contributed by atoms with Gasteiger partial charge in [0, 0.05) is 10.6 Å². The van der Waals surface area contributed by atoms with E-state index in [1.807, 2.05) is 0 Å². The van der Waals surface area contributed by atoms with Crippen LogP contribution >= 0.6 is 11.6 Å². The van der Waals surface area contributed by atoms with Crippen LogP contribution in [0.4, 0.5) is 0 Å². The number of hydrogen-bond acceptors (Lipinski definition) is 3. The highest BCUT2D eigenvalue weighted by atomic mass is 35.5. The van der Waals surface area contributed by atoms with Crippen molar-refractivity contribution >= 4 is 23.2 Å². The van der Waals surface area contributed by atoms with Crippen LogP contribution in [-0.4, -0.2) is 11.6 Å². The monoisotopic (exact) mass is 276 g/mol. The molecule has 1 aromatic carbocycles. The summed E-state index contributed by atoms with van der Waals surface area (Å²) in [5.41, 5.74) is 0.592. The fourth-order valence-electron chi connectivity index (χ4n) is 1.75. The zero-order valence-electron chi connectivity index (χ0n) is 10.5. The van der Waals surface area contributed by atoms with Gasteiger partial charge in [-0.05, 0) is 43.3 Å². The van der Waals surface area contributed by atoms with Gasteiger partial charge in [0.25, 0.3) is 0 Å². The Kier molecular flexibility index (Phi) is 4.17. The van der Waals surface area contributed by atoms with E-state index in [9.17, 15) is 9.59 Å². The molecule has 0 N–H and O–H groups in total. The summed E-state index contributed by atoms with van der Waals surface area (Å²) in [6.07, 6.45) is 0.439. The molecule has 1 aromatic heterocycles. The first-order valence-corrected chi connectivity index (χ1v) is 6.28. The van der Waals surface area contributed by atoms with Gasteiger partial charge in [-0.15, -0.1) is 0 Å². The van der Waals surface area contributed by atoms with Crippen LogP contribution in [0.2, 0.25) is 5.02 Å². The third-order valence-electron chi connectivity index (χ3n) is 2.64. The van der Waals surface area contributed by atoms with Crippen LogP contribution in [-0.2, 0) is 17.6 Å². The zero-order valence-corrected chi connectivity index (χ0v) is 11.2. The maximum Gasteiger partial charge on any atom is 0.170 e. The molecule has 0 aliphatic heterocycles. The van der Waals surface area contributed by atoms with Crippen molar-refractivity contribution in [1.82, 2.24) is 0 Å². The minimum absolute atomic E-state index is 0.0323.